The van der Waals surface area contributed by atoms with Crippen molar-refractivity contribution in [3.63, 3.8) is 0 Å². The minimum absolute atomic E-state index is 0.0859. The van der Waals surface area contributed by atoms with Crippen LogP contribution in [0.15, 0.2) is 53.6 Å². The van der Waals surface area contributed by atoms with Crippen LogP contribution < -0.4 is 4.74 Å². The van der Waals surface area contributed by atoms with Crippen molar-refractivity contribution in [2.24, 2.45) is 0 Å². The second kappa shape index (κ2) is 6.67. The molecule has 0 radical (unpaired) electrons. The fourth-order valence-electron chi connectivity index (χ4n) is 2.56. The lowest BCUT2D eigenvalue weighted by atomic mass is 10.1. The third-order valence-corrected chi connectivity index (χ3v) is 4.37. The molecule has 4 nitrogen and oxygen atoms in total. The minimum Gasteiger partial charge on any atom is -0.496 e. The lowest BCUT2D eigenvalue weighted by Gasteiger charge is -2.16. The van der Waals surface area contributed by atoms with Crippen LogP contribution in [0.3, 0.4) is 0 Å². The van der Waals surface area contributed by atoms with Crippen LogP contribution in [0.4, 0.5) is 0 Å². The van der Waals surface area contributed by atoms with Crippen LogP contribution in [0.5, 0.6) is 5.75 Å². The molecule has 0 atom stereocenters. The molecule has 0 bridgehead atoms. The standard InChI is InChI=1S/C18H13Cl2NO3/c1-24-14-5-3-2-4-12(14)10-21-17(22)15(16(20)18(21)23)11-6-8-13(19)9-7-11/h2-9H,10H2,1H3. The van der Waals surface area contributed by atoms with Gasteiger partial charge >= 0.3 is 0 Å². The van der Waals surface area contributed by atoms with Crippen molar-refractivity contribution in [3.8, 4) is 5.75 Å². The first-order valence-electron chi connectivity index (χ1n) is 7.16. The van der Waals surface area contributed by atoms with E-state index in [1.165, 1.54) is 7.11 Å². The molecule has 122 valence electrons. The van der Waals surface area contributed by atoms with Crippen molar-refractivity contribution in [3.05, 3.63) is 69.7 Å². The van der Waals surface area contributed by atoms with E-state index in [1.54, 1.807) is 36.4 Å². The van der Waals surface area contributed by atoms with E-state index < -0.39 is 11.8 Å². The number of imide groups is 1. The van der Waals surface area contributed by atoms with Gasteiger partial charge < -0.3 is 4.74 Å². The Morgan fingerprint density at radius 1 is 0.958 bits per heavy atom. The molecule has 24 heavy (non-hydrogen) atoms. The van der Waals surface area contributed by atoms with Gasteiger partial charge in [-0.15, -0.1) is 0 Å². The number of methoxy groups -OCH3 is 1. The highest BCUT2D eigenvalue weighted by atomic mass is 35.5. The van der Waals surface area contributed by atoms with Crippen LogP contribution >= 0.6 is 23.2 Å². The van der Waals surface area contributed by atoms with E-state index in [0.717, 1.165) is 10.5 Å². The number of carbonyl (C=O) groups excluding carboxylic acids is 2. The second-order valence-electron chi connectivity index (χ2n) is 5.20. The zero-order chi connectivity index (χ0) is 17.3. The third-order valence-electron chi connectivity index (χ3n) is 3.77. The van der Waals surface area contributed by atoms with E-state index in [2.05, 4.69) is 0 Å². The molecule has 2 amide bonds. The molecule has 1 heterocycles. The van der Waals surface area contributed by atoms with Gasteiger partial charge in [0.2, 0.25) is 0 Å². The van der Waals surface area contributed by atoms with Gasteiger partial charge in [-0.25, -0.2) is 0 Å². The summed E-state index contributed by atoms with van der Waals surface area (Å²) >= 11 is 12.0. The first-order chi connectivity index (χ1) is 11.5. The smallest absolute Gasteiger partial charge is 0.273 e. The van der Waals surface area contributed by atoms with E-state index in [9.17, 15) is 9.59 Å². The maximum Gasteiger partial charge on any atom is 0.273 e. The lowest BCUT2D eigenvalue weighted by Crippen LogP contribution is -2.30. The van der Waals surface area contributed by atoms with E-state index in [1.807, 2.05) is 12.1 Å². The number of nitrogens with zero attached hydrogens (tertiary/aromatic N) is 1. The molecule has 0 saturated heterocycles. The lowest BCUT2D eigenvalue weighted by molar-refractivity contribution is -0.137. The Morgan fingerprint density at radius 2 is 1.62 bits per heavy atom. The van der Waals surface area contributed by atoms with Gasteiger partial charge in [0.15, 0.2) is 0 Å². The zero-order valence-electron chi connectivity index (χ0n) is 12.8. The van der Waals surface area contributed by atoms with Gasteiger partial charge in [0.25, 0.3) is 11.8 Å². The number of hydrogen-bond donors (Lipinski definition) is 0. The molecule has 0 spiro atoms. The Hall–Kier alpha value is -2.30. The van der Waals surface area contributed by atoms with E-state index in [0.29, 0.717) is 16.3 Å². The summed E-state index contributed by atoms with van der Waals surface area (Å²) in [6.45, 7) is 0.0923. The second-order valence-corrected chi connectivity index (χ2v) is 6.02. The molecular weight excluding hydrogens is 349 g/mol. The van der Waals surface area contributed by atoms with Crippen molar-refractivity contribution >= 4 is 40.6 Å². The normalized spacial score (nSPS) is 14.5. The molecule has 0 fully saturated rings. The summed E-state index contributed by atoms with van der Waals surface area (Å²) in [7, 11) is 1.54. The molecule has 2 aromatic rings. The largest absolute Gasteiger partial charge is 0.496 e. The fraction of sp³-hybridized carbons (Fsp3) is 0.111. The predicted octanol–water partition coefficient (Wildman–Crippen LogP) is 3.87. The minimum atomic E-state index is -0.516. The summed E-state index contributed by atoms with van der Waals surface area (Å²) < 4.78 is 5.27. The Bertz CT molecular complexity index is 844. The van der Waals surface area contributed by atoms with Crippen LogP contribution in [0.1, 0.15) is 11.1 Å². The Morgan fingerprint density at radius 3 is 2.29 bits per heavy atom. The number of carbonyl (C=O) groups is 2. The number of hydrogen-bond acceptors (Lipinski definition) is 3. The number of rotatable bonds is 4. The van der Waals surface area contributed by atoms with Crippen LogP contribution in [0.25, 0.3) is 5.57 Å². The summed E-state index contributed by atoms with van der Waals surface area (Å²) in [4.78, 5) is 26.2. The molecule has 2 aromatic carbocycles. The molecule has 0 saturated carbocycles. The molecule has 0 N–H and O–H groups in total. The van der Waals surface area contributed by atoms with Gasteiger partial charge in [-0.1, -0.05) is 53.5 Å². The van der Waals surface area contributed by atoms with Crippen LogP contribution in [0.2, 0.25) is 5.02 Å². The van der Waals surface area contributed by atoms with Gasteiger partial charge in [-0.2, -0.15) is 0 Å². The molecule has 1 aliphatic rings. The number of ether oxygens (including phenoxy) is 1. The Balaban J connectivity index is 1.92. The highest BCUT2D eigenvalue weighted by molar-refractivity contribution is 6.55. The molecule has 0 aliphatic carbocycles. The highest BCUT2D eigenvalue weighted by Gasteiger charge is 2.38. The van der Waals surface area contributed by atoms with Gasteiger partial charge in [-0.05, 0) is 23.8 Å². The van der Waals surface area contributed by atoms with Crippen LogP contribution in [0, 0.1) is 0 Å². The van der Waals surface area contributed by atoms with Gasteiger partial charge in [-0.3, -0.25) is 14.5 Å². The monoisotopic (exact) mass is 361 g/mol. The molecule has 6 heteroatoms. The number of amides is 2. The molecule has 1 aliphatic heterocycles. The van der Waals surface area contributed by atoms with Crippen molar-refractivity contribution in [1.82, 2.24) is 4.90 Å². The number of halogens is 2. The molecule has 3 rings (SSSR count). The predicted molar refractivity (Wildman–Crippen MR) is 92.8 cm³/mol. The fourth-order valence-corrected chi connectivity index (χ4v) is 2.98. The first kappa shape index (κ1) is 16.6. The zero-order valence-corrected chi connectivity index (χ0v) is 14.3. The summed E-state index contributed by atoms with van der Waals surface area (Å²) in [5, 5.41) is 0.454. The van der Waals surface area contributed by atoms with E-state index in [4.69, 9.17) is 27.9 Å². The van der Waals surface area contributed by atoms with Gasteiger partial charge in [0.1, 0.15) is 10.8 Å². The van der Waals surface area contributed by atoms with Gasteiger partial charge in [0.05, 0.1) is 19.2 Å². The number of benzene rings is 2. The van der Waals surface area contributed by atoms with Crippen LogP contribution in [-0.2, 0) is 16.1 Å². The first-order valence-corrected chi connectivity index (χ1v) is 7.92. The summed E-state index contributed by atoms with van der Waals surface area (Å²) in [5.41, 5.74) is 1.47. The SMILES string of the molecule is COc1ccccc1CN1C(=O)C(Cl)=C(c2ccc(Cl)cc2)C1=O. The average Bonchev–Trinajstić information content (AvgIpc) is 2.80. The molecular formula is C18H13Cl2NO3. The number of para-hydroxylation sites is 1. The van der Waals surface area contributed by atoms with Crippen molar-refractivity contribution < 1.29 is 14.3 Å². The summed E-state index contributed by atoms with van der Waals surface area (Å²) in [5.74, 6) is -0.343. The Labute approximate surface area is 149 Å². The summed E-state index contributed by atoms with van der Waals surface area (Å²) in [6.07, 6.45) is 0. The highest BCUT2D eigenvalue weighted by Crippen LogP contribution is 2.34. The van der Waals surface area contributed by atoms with Crippen LogP contribution in [-0.4, -0.2) is 23.8 Å². The maximum atomic E-state index is 12.7. The van der Waals surface area contributed by atoms with E-state index in [-0.39, 0.29) is 17.2 Å². The average molecular weight is 362 g/mol. The van der Waals surface area contributed by atoms with Crippen molar-refractivity contribution in [2.75, 3.05) is 7.11 Å². The maximum absolute atomic E-state index is 12.7. The molecule has 0 aromatic heterocycles. The van der Waals surface area contributed by atoms with Crippen molar-refractivity contribution in [1.29, 1.82) is 0 Å². The topological polar surface area (TPSA) is 46.6 Å². The quantitative estimate of drug-likeness (QED) is 0.776. The Kier molecular flexibility index (Phi) is 4.60. The molecule has 0 unspecified atom stereocenters. The van der Waals surface area contributed by atoms with Crippen molar-refractivity contribution in [2.45, 2.75) is 6.54 Å². The van der Waals surface area contributed by atoms with E-state index >= 15 is 0 Å². The van der Waals surface area contributed by atoms with Gasteiger partial charge in [0, 0.05) is 10.6 Å². The third kappa shape index (κ3) is 2.90. The summed E-state index contributed by atoms with van der Waals surface area (Å²) in [6, 6.07) is 13.8.